The summed E-state index contributed by atoms with van der Waals surface area (Å²) in [5, 5.41) is 0. The predicted molar refractivity (Wildman–Crippen MR) is 50.6 cm³/mol. The Balaban J connectivity index is 3.07. The molecule has 0 aromatic heterocycles. The van der Waals surface area contributed by atoms with Gasteiger partial charge in [-0.15, -0.1) is 0 Å². The Hall–Kier alpha value is 0.137. The van der Waals surface area contributed by atoms with Gasteiger partial charge in [-0.2, -0.15) is 0 Å². The minimum absolute atomic E-state index is 0.764. The highest BCUT2D eigenvalue weighted by Crippen LogP contribution is 1.98. The van der Waals surface area contributed by atoms with E-state index in [4.69, 9.17) is 9.16 Å². The standard InChI is InChI=1S/C8H20O2Si/c1-4-9-7-8-10-11(5-2)6-3/h11H,4-8H2,1-3H3. The van der Waals surface area contributed by atoms with Crippen LogP contribution in [0.1, 0.15) is 20.8 Å². The molecule has 0 bridgehead atoms. The predicted octanol–water partition coefficient (Wildman–Crippen LogP) is 1.80. The van der Waals surface area contributed by atoms with Crippen molar-refractivity contribution >= 4 is 9.04 Å². The van der Waals surface area contributed by atoms with Gasteiger partial charge in [-0.1, -0.05) is 13.8 Å². The lowest BCUT2D eigenvalue weighted by Gasteiger charge is -2.11. The number of hydrogen-bond donors (Lipinski definition) is 0. The van der Waals surface area contributed by atoms with Crippen molar-refractivity contribution < 1.29 is 9.16 Å². The molecule has 0 aliphatic carbocycles. The van der Waals surface area contributed by atoms with Crippen LogP contribution in [-0.2, 0) is 9.16 Å². The first-order valence-corrected chi connectivity index (χ1v) is 6.64. The fraction of sp³-hybridized carbons (Fsp3) is 1.00. The molecule has 0 amide bonds. The smallest absolute Gasteiger partial charge is 0.176 e. The van der Waals surface area contributed by atoms with Crippen molar-refractivity contribution in [2.24, 2.45) is 0 Å². The summed E-state index contributed by atoms with van der Waals surface area (Å²) < 4.78 is 10.8. The van der Waals surface area contributed by atoms with Gasteiger partial charge in [0.1, 0.15) is 0 Å². The lowest BCUT2D eigenvalue weighted by molar-refractivity contribution is 0.109. The molecule has 11 heavy (non-hydrogen) atoms. The summed E-state index contributed by atoms with van der Waals surface area (Å²) in [6.45, 7) is 8.79. The molecule has 0 unspecified atom stereocenters. The molecular formula is C8H20O2Si. The molecule has 0 spiro atoms. The van der Waals surface area contributed by atoms with Gasteiger partial charge < -0.3 is 9.16 Å². The maximum absolute atomic E-state index is 5.66. The van der Waals surface area contributed by atoms with E-state index in [-0.39, 0.29) is 0 Å². The highest BCUT2D eigenvalue weighted by molar-refractivity contribution is 6.51. The van der Waals surface area contributed by atoms with Gasteiger partial charge in [0.05, 0.1) is 13.2 Å². The van der Waals surface area contributed by atoms with Crippen LogP contribution < -0.4 is 0 Å². The molecule has 0 saturated carbocycles. The highest BCUT2D eigenvalue weighted by atomic mass is 28.3. The van der Waals surface area contributed by atoms with E-state index in [1.54, 1.807) is 0 Å². The van der Waals surface area contributed by atoms with Crippen molar-refractivity contribution in [2.75, 3.05) is 19.8 Å². The Morgan fingerprint density at radius 1 is 1.00 bits per heavy atom. The summed E-state index contributed by atoms with van der Waals surface area (Å²) in [7, 11) is -0.815. The summed E-state index contributed by atoms with van der Waals surface area (Å²) in [5.41, 5.74) is 0. The Kier molecular flexibility index (Phi) is 8.34. The normalized spacial score (nSPS) is 10.9. The third kappa shape index (κ3) is 6.53. The zero-order valence-electron chi connectivity index (χ0n) is 7.93. The van der Waals surface area contributed by atoms with E-state index >= 15 is 0 Å². The largest absolute Gasteiger partial charge is 0.418 e. The number of hydrogen-bond acceptors (Lipinski definition) is 2. The molecule has 2 nitrogen and oxygen atoms in total. The minimum Gasteiger partial charge on any atom is -0.418 e. The number of ether oxygens (including phenoxy) is 1. The van der Waals surface area contributed by atoms with E-state index in [0.29, 0.717) is 0 Å². The lowest BCUT2D eigenvalue weighted by Crippen LogP contribution is -2.18. The topological polar surface area (TPSA) is 18.5 Å². The van der Waals surface area contributed by atoms with Crippen LogP contribution >= 0.6 is 0 Å². The monoisotopic (exact) mass is 176 g/mol. The Labute approximate surface area is 71.6 Å². The van der Waals surface area contributed by atoms with Gasteiger partial charge in [0.2, 0.25) is 0 Å². The van der Waals surface area contributed by atoms with Crippen LogP contribution in [0.5, 0.6) is 0 Å². The first-order chi connectivity index (χ1) is 5.35. The number of rotatable bonds is 7. The third-order valence-corrected chi connectivity index (χ3v) is 4.22. The molecule has 0 N–H and O–H groups in total. The molecule has 0 aliphatic heterocycles. The zero-order chi connectivity index (χ0) is 8.53. The molecule has 0 heterocycles. The molecule has 3 heteroatoms. The molecule has 0 fully saturated rings. The Morgan fingerprint density at radius 2 is 1.64 bits per heavy atom. The average molecular weight is 176 g/mol. The fourth-order valence-electron chi connectivity index (χ4n) is 0.942. The van der Waals surface area contributed by atoms with Gasteiger partial charge >= 0.3 is 0 Å². The van der Waals surface area contributed by atoms with Crippen LogP contribution in [0.3, 0.4) is 0 Å². The summed E-state index contributed by atoms with van der Waals surface area (Å²) in [5.74, 6) is 0. The van der Waals surface area contributed by atoms with Crippen molar-refractivity contribution in [2.45, 2.75) is 32.9 Å². The van der Waals surface area contributed by atoms with Gasteiger partial charge in [-0.3, -0.25) is 0 Å². The van der Waals surface area contributed by atoms with E-state index in [1.807, 2.05) is 6.92 Å². The van der Waals surface area contributed by atoms with Crippen molar-refractivity contribution in [3.63, 3.8) is 0 Å². The minimum atomic E-state index is -0.815. The Morgan fingerprint density at radius 3 is 2.09 bits per heavy atom. The molecular weight excluding hydrogens is 156 g/mol. The van der Waals surface area contributed by atoms with Crippen LogP contribution in [0, 0.1) is 0 Å². The van der Waals surface area contributed by atoms with Crippen molar-refractivity contribution in [3.05, 3.63) is 0 Å². The van der Waals surface area contributed by atoms with Gasteiger partial charge in [0.25, 0.3) is 0 Å². The fourth-order valence-corrected chi connectivity index (χ4v) is 2.42. The maximum atomic E-state index is 5.66. The van der Waals surface area contributed by atoms with Crippen molar-refractivity contribution in [1.29, 1.82) is 0 Å². The van der Waals surface area contributed by atoms with E-state index < -0.39 is 9.04 Å². The van der Waals surface area contributed by atoms with Crippen LogP contribution in [-0.4, -0.2) is 28.9 Å². The third-order valence-electron chi connectivity index (χ3n) is 1.70. The quantitative estimate of drug-likeness (QED) is 0.435. The van der Waals surface area contributed by atoms with E-state index in [1.165, 1.54) is 12.1 Å². The molecule has 0 aliphatic rings. The average Bonchev–Trinajstić information content (AvgIpc) is 2.05. The van der Waals surface area contributed by atoms with Gasteiger partial charge in [-0.05, 0) is 19.0 Å². The van der Waals surface area contributed by atoms with E-state index in [9.17, 15) is 0 Å². The van der Waals surface area contributed by atoms with Crippen LogP contribution in [0.15, 0.2) is 0 Å². The molecule has 0 saturated heterocycles. The van der Waals surface area contributed by atoms with Crippen LogP contribution in [0.2, 0.25) is 12.1 Å². The molecule has 68 valence electrons. The summed E-state index contributed by atoms with van der Waals surface area (Å²) in [4.78, 5) is 0. The first-order valence-electron chi connectivity index (χ1n) is 4.54. The molecule has 0 aromatic carbocycles. The first kappa shape index (κ1) is 11.1. The highest BCUT2D eigenvalue weighted by Gasteiger charge is 2.04. The summed E-state index contributed by atoms with van der Waals surface area (Å²) in [6, 6.07) is 2.48. The summed E-state index contributed by atoms with van der Waals surface area (Å²) >= 11 is 0. The van der Waals surface area contributed by atoms with Gasteiger partial charge in [-0.25, -0.2) is 0 Å². The maximum Gasteiger partial charge on any atom is 0.176 e. The second-order valence-electron chi connectivity index (χ2n) is 2.51. The zero-order valence-corrected chi connectivity index (χ0v) is 9.08. The second kappa shape index (κ2) is 8.24. The molecule has 0 rings (SSSR count). The van der Waals surface area contributed by atoms with Crippen molar-refractivity contribution in [3.8, 4) is 0 Å². The van der Waals surface area contributed by atoms with Gasteiger partial charge in [0.15, 0.2) is 9.04 Å². The van der Waals surface area contributed by atoms with Crippen molar-refractivity contribution in [1.82, 2.24) is 0 Å². The van der Waals surface area contributed by atoms with Crippen LogP contribution in [0.25, 0.3) is 0 Å². The molecule has 0 atom stereocenters. The molecule has 0 radical (unpaired) electrons. The second-order valence-corrected chi connectivity index (χ2v) is 5.72. The lowest BCUT2D eigenvalue weighted by atomic mass is 10.8. The summed E-state index contributed by atoms with van der Waals surface area (Å²) in [6.07, 6.45) is 0. The van der Waals surface area contributed by atoms with E-state index in [0.717, 1.165) is 19.8 Å². The van der Waals surface area contributed by atoms with E-state index in [2.05, 4.69) is 13.8 Å². The van der Waals surface area contributed by atoms with Crippen LogP contribution in [0.4, 0.5) is 0 Å². The van der Waals surface area contributed by atoms with Gasteiger partial charge in [0, 0.05) is 6.61 Å². The molecule has 0 aromatic rings. The SMILES string of the molecule is CCOCCO[SiH](CC)CC. The Bertz CT molecular complexity index is 74.5.